The van der Waals surface area contributed by atoms with Crippen LogP contribution >= 0.6 is 0 Å². The number of rotatable bonds is 1. The molecule has 1 saturated carbocycles. The largest absolute Gasteiger partial charge is 0.633 e. The third kappa shape index (κ3) is 1.50. The third-order valence-corrected chi connectivity index (χ3v) is 3.56. The maximum atomic E-state index is 12.2. The van der Waals surface area contributed by atoms with Crippen molar-refractivity contribution in [2.75, 3.05) is 13.1 Å². The number of hydroxylamine groups is 3. The zero-order chi connectivity index (χ0) is 8.44. The summed E-state index contributed by atoms with van der Waals surface area (Å²) in [6, 6.07) is 0.473. The zero-order valence-corrected chi connectivity index (χ0v) is 7.80. The second-order valence-corrected chi connectivity index (χ2v) is 4.40. The second-order valence-electron chi connectivity index (χ2n) is 4.40. The molecule has 2 fully saturated rings. The highest BCUT2D eigenvalue weighted by Gasteiger charge is 2.32. The molecule has 1 heterocycles. The molecule has 1 saturated heterocycles. The van der Waals surface area contributed by atoms with Crippen LogP contribution < -0.4 is 0 Å². The van der Waals surface area contributed by atoms with Crippen molar-refractivity contribution >= 4 is 0 Å². The molecular weight excluding hydrogens is 150 g/mol. The van der Waals surface area contributed by atoms with E-state index < -0.39 is 0 Å². The van der Waals surface area contributed by atoms with E-state index in [1.165, 1.54) is 44.9 Å². The number of likely N-dealkylation sites (tertiary alicyclic amines) is 1. The van der Waals surface area contributed by atoms with E-state index in [1.54, 1.807) is 0 Å². The van der Waals surface area contributed by atoms with E-state index in [1.807, 2.05) is 0 Å². The van der Waals surface area contributed by atoms with E-state index in [0.717, 1.165) is 13.1 Å². The minimum absolute atomic E-state index is 0.167. The molecule has 0 spiro atoms. The quantitative estimate of drug-likeness (QED) is 0.436. The summed E-state index contributed by atoms with van der Waals surface area (Å²) in [5.74, 6) is 0. The van der Waals surface area contributed by atoms with Gasteiger partial charge in [-0.15, -0.1) is 0 Å². The van der Waals surface area contributed by atoms with E-state index in [-0.39, 0.29) is 4.65 Å². The van der Waals surface area contributed by atoms with Gasteiger partial charge in [0, 0.05) is 12.8 Å². The Morgan fingerprint density at radius 2 is 1.42 bits per heavy atom. The molecule has 0 N–H and O–H groups in total. The Balaban J connectivity index is 1.96. The van der Waals surface area contributed by atoms with Gasteiger partial charge in [0.05, 0.1) is 19.1 Å². The molecule has 0 unspecified atom stereocenters. The van der Waals surface area contributed by atoms with Gasteiger partial charge in [-0.1, -0.05) is 6.42 Å². The standard InChI is InChI=1S/C10H19NO/c12-11(8-4-5-9-11)10-6-2-1-3-7-10/h10H,1-9H2. The molecule has 1 aliphatic heterocycles. The number of quaternary nitrogens is 1. The van der Waals surface area contributed by atoms with Crippen molar-refractivity contribution in [3.05, 3.63) is 5.21 Å². The molecule has 0 atom stereocenters. The molecule has 1 aliphatic carbocycles. The summed E-state index contributed by atoms with van der Waals surface area (Å²) in [6.07, 6.45) is 8.68. The van der Waals surface area contributed by atoms with E-state index in [0.29, 0.717) is 6.04 Å². The zero-order valence-electron chi connectivity index (χ0n) is 7.80. The SMILES string of the molecule is [O-][N+]1(C2CCCCC2)CCCC1. The van der Waals surface area contributed by atoms with E-state index >= 15 is 0 Å². The van der Waals surface area contributed by atoms with Crippen molar-refractivity contribution in [2.45, 2.75) is 51.0 Å². The Hall–Kier alpha value is -0.0800. The van der Waals surface area contributed by atoms with Crippen LogP contribution in [0.4, 0.5) is 0 Å². The van der Waals surface area contributed by atoms with Gasteiger partial charge in [-0.2, -0.15) is 0 Å². The van der Waals surface area contributed by atoms with Gasteiger partial charge in [0.25, 0.3) is 0 Å². The first-order valence-corrected chi connectivity index (χ1v) is 5.39. The maximum absolute atomic E-state index is 12.2. The Morgan fingerprint density at radius 3 is 2.00 bits per heavy atom. The molecule has 12 heavy (non-hydrogen) atoms. The predicted octanol–water partition coefficient (Wildman–Crippen LogP) is 2.43. The fraction of sp³-hybridized carbons (Fsp3) is 1.00. The summed E-state index contributed by atoms with van der Waals surface area (Å²) < 4.78 is 0.167. The molecule has 2 rings (SSSR count). The minimum atomic E-state index is 0.167. The molecule has 0 amide bonds. The molecule has 0 radical (unpaired) electrons. The van der Waals surface area contributed by atoms with Gasteiger partial charge in [-0.05, 0) is 25.7 Å². The lowest BCUT2D eigenvalue weighted by Crippen LogP contribution is -2.49. The van der Waals surface area contributed by atoms with Crippen LogP contribution in [0.2, 0.25) is 0 Å². The Kier molecular flexibility index (Phi) is 2.37. The van der Waals surface area contributed by atoms with Crippen LogP contribution in [-0.4, -0.2) is 23.8 Å². The van der Waals surface area contributed by atoms with Gasteiger partial charge in [0.2, 0.25) is 0 Å². The van der Waals surface area contributed by atoms with E-state index in [4.69, 9.17) is 0 Å². The van der Waals surface area contributed by atoms with Crippen LogP contribution in [0.15, 0.2) is 0 Å². The number of hydrogen-bond donors (Lipinski definition) is 0. The Labute approximate surface area is 74.7 Å². The van der Waals surface area contributed by atoms with Crippen LogP contribution in [0.25, 0.3) is 0 Å². The first-order valence-electron chi connectivity index (χ1n) is 5.39. The highest BCUT2D eigenvalue weighted by atomic mass is 16.5. The normalized spacial score (nSPS) is 30.8. The van der Waals surface area contributed by atoms with Gasteiger partial charge in [0.15, 0.2) is 0 Å². The van der Waals surface area contributed by atoms with E-state index in [9.17, 15) is 5.21 Å². The van der Waals surface area contributed by atoms with Gasteiger partial charge in [-0.25, -0.2) is 0 Å². The topological polar surface area (TPSA) is 23.1 Å². The summed E-state index contributed by atoms with van der Waals surface area (Å²) in [6.45, 7) is 1.81. The van der Waals surface area contributed by atoms with Crippen molar-refractivity contribution in [3.63, 3.8) is 0 Å². The van der Waals surface area contributed by atoms with Crippen molar-refractivity contribution in [1.29, 1.82) is 0 Å². The average molecular weight is 169 g/mol. The molecule has 70 valence electrons. The molecule has 0 aromatic carbocycles. The summed E-state index contributed by atoms with van der Waals surface area (Å²) in [7, 11) is 0. The lowest BCUT2D eigenvalue weighted by molar-refractivity contribution is -0.895. The van der Waals surface area contributed by atoms with Gasteiger partial charge in [0.1, 0.15) is 0 Å². The number of nitrogens with zero attached hydrogens (tertiary/aromatic N) is 1. The highest BCUT2D eigenvalue weighted by Crippen LogP contribution is 2.31. The van der Waals surface area contributed by atoms with Crippen LogP contribution in [0.1, 0.15) is 44.9 Å². The third-order valence-electron chi connectivity index (χ3n) is 3.56. The maximum Gasteiger partial charge on any atom is 0.0887 e. The van der Waals surface area contributed by atoms with Crippen LogP contribution in [-0.2, 0) is 0 Å². The highest BCUT2D eigenvalue weighted by molar-refractivity contribution is 4.70. The molecule has 0 aromatic rings. The molecule has 0 aromatic heterocycles. The summed E-state index contributed by atoms with van der Waals surface area (Å²) in [5.41, 5.74) is 0. The number of hydrogen-bond acceptors (Lipinski definition) is 1. The van der Waals surface area contributed by atoms with Crippen molar-refractivity contribution in [2.24, 2.45) is 0 Å². The molecule has 2 nitrogen and oxygen atoms in total. The molecular formula is C10H19NO. The summed E-state index contributed by atoms with van der Waals surface area (Å²) in [4.78, 5) is 0. The van der Waals surface area contributed by atoms with Gasteiger partial charge < -0.3 is 9.85 Å². The van der Waals surface area contributed by atoms with Crippen LogP contribution in [0.3, 0.4) is 0 Å². The minimum Gasteiger partial charge on any atom is -0.633 e. The predicted molar refractivity (Wildman–Crippen MR) is 49.5 cm³/mol. The van der Waals surface area contributed by atoms with Crippen LogP contribution in [0.5, 0.6) is 0 Å². The summed E-state index contributed by atoms with van der Waals surface area (Å²) in [5, 5.41) is 12.2. The average Bonchev–Trinajstić information content (AvgIpc) is 2.55. The fourth-order valence-electron chi connectivity index (χ4n) is 2.79. The molecule has 2 aliphatic rings. The van der Waals surface area contributed by atoms with Crippen molar-refractivity contribution in [1.82, 2.24) is 0 Å². The van der Waals surface area contributed by atoms with Crippen molar-refractivity contribution in [3.8, 4) is 0 Å². The Bertz CT molecular complexity index is 146. The smallest absolute Gasteiger partial charge is 0.0887 e. The molecule has 2 heteroatoms. The lowest BCUT2D eigenvalue weighted by Gasteiger charge is -2.47. The molecule has 0 bridgehead atoms. The second kappa shape index (κ2) is 3.35. The van der Waals surface area contributed by atoms with Gasteiger partial charge >= 0.3 is 0 Å². The summed E-state index contributed by atoms with van der Waals surface area (Å²) >= 11 is 0. The monoisotopic (exact) mass is 169 g/mol. The van der Waals surface area contributed by atoms with Crippen molar-refractivity contribution < 1.29 is 4.65 Å². The van der Waals surface area contributed by atoms with Gasteiger partial charge in [-0.3, -0.25) is 0 Å². The Morgan fingerprint density at radius 1 is 0.833 bits per heavy atom. The first kappa shape index (κ1) is 8.52. The lowest BCUT2D eigenvalue weighted by atomic mass is 9.94. The van der Waals surface area contributed by atoms with Crippen LogP contribution in [0, 0.1) is 5.21 Å². The van der Waals surface area contributed by atoms with E-state index in [2.05, 4.69) is 0 Å². The fourth-order valence-corrected chi connectivity index (χ4v) is 2.79. The first-order chi connectivity index (χ1) is 5.81.